The Morgan fingerprint density at radius 2 is 1.88 bits per heavy atom. The van der Waals surface area contributed by atoms with Crippen molar-refractivity contribution in [2.75, 3.05) is 0 Å². The monoisotopic (exact) mass is 247 g/mol. The first-order chi connectivity index (χ1) is 7.97. The Hall–Kier alpha value is -1.35. The van der Waals surface area contributed by atoms with E-state index < -0.39 is 8.07 Å². The second-order valence-electron chi connectivity index (χ2n) is 5.37. The van der Waals surface area contributed by atoms with Gasteiger partial charge in [-0.1, -0.05) is 56.0 Å². The lowest BCUT2D eigenvalue weighted by Gasteiger charge is -2.11. The van der Waals surface area contributed by atoms with Crippen molar-refractivity contribution in [3.05, 3.63) is 48.0 Å². The molecule has 1 rings (SSSR count). The zero-order valence-corrected chi connectivity index (χ0v) is 11.9. The van der Waals surface area contributed by atoms with E-state index in [-0.39, 0.29) is 5.91 Å². The molecule has 0 atom stereocenters. The van der Waals surface area contributed by atoms with Gasteiger partial charge in [0.05, 0.1) is 0 Å². The highest BCUT2D eigenvalue weighted by Crippen LogP contribution is 2.08. The molecule has 0 fully saturated rings. The number of benzene rings is 1. The average molecular weight is 247 g/mol. The molecule has 0 saturated carbocycles. The van der Waals surface area contributed by atoms with Gasteiger partial charge in [0.25, 0.3) is 0 Å². The molecule has 1 amide bonds. The van der Waals surface area contributed by atoms with E-state index in [1.165, 1.54) is 0 Å². The topological polar surface area (TPSA) is 29.1 Å². The Labute approximate surface area is 105 Å². The molecule has 0 unspecified atom stereocenters. The number of carbonyl (C=O) groups excluding carboxylic acids is 1. The highest BCUT2D eigenvalue weighted by Gasteiger charge is 2.09. The quantitative estimate of drug-likeness (QED) is 0.628. The van der Waals surface area contributed by atoms with E-state index in [1.807, 2.05) is 36.4 Å². The summed E-state index contributed by atoms with van der Waals surface area (Å²) >= 11 is 0. The largest absolute Gasteiger partial charge is 0.348 e. The predicted octanol–water partition coefficient (Wildman–Crippen LogP) is 3.20. The summed E-state index contributed by atoms with van der Waals surface area (Å²) in [5.74, 6) is -0.00731. The summed E-state index contributed by atoms with van der Waals surface area (Å²) in [4.78, 5) is 11.5. The van der Waals surface area contributed by atoms with Gasteiger partial charge in [0.2, 0.25) is 5.91 Å². The van der Waals surface area contributed by atoms with Gasteiger partial charge in [-0.3, -0.25) is 4.79 Å². The number of hydrogen-bond donors (Lipinski definition) is 1. The fraction of sp³-hybridized carbons (Fsp3) is 0.357. The van der Waals surface area contributed by atoms with E-state index in [0.717, 1.165) is 11.6 Å². The summed E-state index contributed by atoms with van der Waals surface area (Å²) < 4.78 is 0. The van der Waals surface area contributed by atoms with E-state index in [9.17, 15) is 4.79 Å². The molecule has 1 aromatic carbocycles. The number of nitrogens with one attached hydrogen (secondary N) is 1. The molecule has 0 aliphatic rings. The van der Waals surface area contributed by atoms with Gasteiger partial charge in [-0.05, 0) is 17.7 Å². The van der Waals surface area contributed by atoms with E-state index in [4.69, 9.17) is 0 Å². The maximum absolute atomic E-state index is 11.5. The minimum atomic E-state index is -1.08. The van der Waals surface area contributed by atoms with Crippen LogP contribution in [0, 0.1) is 0 Å². The van der Waals surface area contributed by atoms with Crippen LogP contribution < -0.4 is 5.32 Å². The Morgan fingerprint density at radius 3 is 2.47 bits per heavy atom. The highest BCUT2D eigenvalue weighted by molar-refractivity contribution is 6.76. The minimum Gasteiger partial charge on any atom is -0.348 e. The van der Waals surface area contributed by atoms with Crippen molar-refractivity contribution in [3.63, 3.8) is 0 Å². The van der Waals surface area contributed by atoms with Crippen molar-refractivity contribution in [3.8, 4) is 0 Å². The molecule has 0 aromatic heterocycles. The summed E-state index contributed by atoms with van der Waals surface area (Å²) in [6.45, 7) is 7.47. The Kier molecular flexibility index (Phi) is 5.16. The molecule has 0 saturated heterocycles. The van der Waals surface area contributed by atoms with Crippen molar-refractivity contribution in [1.82, 2.24) is 5.32 Å². The first-order valence-electron chi connectivity index (χ1n) is 5.96. The van der Waals surface area contributed by atoms with E-state index in [0.29, 0.717) is 6.54 Å². The maximum atomic E-state index is 11.5. The summed E-state index contributed by atoms with van der Waals surface area (Å²) in [5, 5.41) is 2.87. The Morgan fingerprint density at radius 1 is 1.24 bits per heavy atom. The van der Waals surface area contributed by atoms with Gasteiger partial charge in [-0.25, -0.2) is 0 Å². The molecule has 0 aliphatic carbocycles. The number of amides is 1. The van der Waals surface area contributed by atoms with Crippen molar-refractivity contribution in [2.24, 2.45) is 0 Å². The Bertz CT molecular complexity index is 379. The lowest BCUT2D eigenvalue weighted by Crippen LogP contribution is -2.21. The summed E-state index contributed by atoms with van der Waals surface area (Å²) in [5.41, 5.74) is 1.12. The lowest BCUT2D eigenvalue weighted by molar-refractivity contribution is -0.116. The number of rotatable bonds is 5. The van der Waals surface area contributed by atoms with Crippen LogP contribution in [0.25, 0.3) is 0 Å². The first-order valence-corrected chi connectivity index (χ1v) is 9.66. The minimum absolute atomic E-state index is 0.00731. The SMILES string of the molecule is C[Si](C)(C)C/C=C/C(=O)NCc1ccccc1. The van der Waals surface area contributed by atoms with Crippen molar-refractivity contribution < 1.29 is 4.79 Å². The van der Waals surface area contributed by atoms with Crippen LogP contribution in [0.15, 0.2) is 42.5 Å². The molecule has 92 valence electrons. The van der Waals surface area contributed by atoms with Crippen LogP contribution in [-0.2, 0) is 11.3 Å². The number of carbonyl (C=O) groups is 1. The van der Waals surface area contributed by atoms with Crippen LogP contribution in [-0.4, -0.2) is 14.0 Å². The third-order valence-corrected chi connectivity index (χ3v) is 3.77. The molecular weight excluding hydrogens is 226 g/mol. The van der Waals surface area contributed by atoms with Crippen LogP contribution in [0.2, 0.25) is 25.7 Å². The van der Waals surface area contributed by atoms with Crippen LogP contribution >= 0.6 is 0 Å². The summed E-state index contributed by atoms with van der Waals surface area (Å²) in [6, 6.07) is 11.0. The van der Waals surface area contributed by atoms with Crippen LogP contribution in [0.3, 0.4) is 0 Å². The molecule has 1 N–H and O–H groups in total. The molecule has 17 heavy (non-hydrogen) atoms. The third-order valence-electron chi connectivity index (χ3n) is 2.31. The molecule has 1 aromatic rings. The smallest absolute Gasteiger partial charge is 0.243 e. The molecule has 3 heteroatoms. The molecule has 0 spiro atoms. The standard InChI is InChI=1S/C14H21NOSi/c1-17(2,3)11-7-10-14(16)15-12-13-8-5-4-6-9-13/h4-10H,11-12H2,1-3H3,(H,15,16)/b10-7+. The van der Waals surface area contributed by atoms with Gasteiger partial charge in [0.15, 0.2) is 0 Å². The van der Waals surface area contributed by atoms with Gasteiger partial charge in [-0.15, -0.1) is 0 Å². The third kappa shape index (κ3) is 6.74. The second kappa shape index (κ2) is 6.40. The van der Waals surface area contributed by atoms with Crippen LogP contribution in [0.1, 0.15) is 5.56 Å². The van der Waals surface area contributed by atoms with E-state index >= 15 is 0 Å². The van der Waals surface area contributed by atoms with E-state index in [1.54, 1.807) is 6.08 Å². The lowest BCUT2D eigenvalue weighted by atomic mass is 10.2. The van der Waals surface area contributed by atoms with Gasteiger partial charge in [0, 0.05) is 14.6 Å². The van der Waals surface area contributed by atoms with Gasteiger partial charge >= 0.3 is 0 Å². The normalized spacial score (nSPS) is 11.7. The zero-order valence-electron chi connectivity index (χ0n) is 10.9. The molecule has 0 heterocycles. The molecule has 0 aliphatic heterocycles. The average Bonchev–Trinajstić information content (AvgIpc) is 2.26. The summed E-state index contributed by atoms with van der Waals surface area (Å²) in [7, 11) is -1.08. The number of hydrogen-bond acceptors (Lipinski definition) is 1. The predicted molar refractivity (Wildman–Crippen MR) is 75.6 cm³/mol. The summed E-state index contributed by atoms with van der Waals surface area (Å²) in [6.07, 6.45) is 3.65. The second-order valence-corrected chi connectivity index (χ2v) is 10.9. The van der Waals surface area contributed by atoms with Gasteiger partial charge in [-0.2, -0.15) is 0 Å². The molecule has 0 bridgehead atoms. The van der Waals surface area contributed by atoms with Crippen molar-refractivity contribution in [1.29, 1.82) is 0 Å². The van der Waals surface area contributed by atoms with E-state index in [2.05, 4.69) is 25.0 Å². The fourth-order valence-corrected chi connectivity index (χ4v) is 2.19. The van der Waals surface area contributed by atoms with Crippen molar-refractivity contribution >= 4 is 14.0 Å². The van der Waals surface area contributed by atoms with Crippen LogP contribution in [0.5, 0.6) is 0 Å². The Balaban J connectivity index is 2.31. The fourth-order valence-electron chi connectivity index (χ4n) is 1.36. The molecule has 2 nitrogen and oxygen atoms in total. The van der Waals surface area contributed by atoms with Crippen molar-refractivity contribution in [2.45, 2.75) is 32.2 Å². The highest BCUT2D eigenvalue weighted by atomic mass is 28.3. The maximum Gasteiger partial charge on any atom is 0.243 e. The molecule has 0 radical (unpaired) electrons. The zero-order chi connectivity index (χ0) is 12.7. The number of allylic oxidation sites excluding steroid dienone is 1. The van der Waals surface area contributed by atoms with Crippen LogP contribution in [0.4, 0.5) is 0 Å². The van der Waals surface area contributed by atoms with Gasteiger partial charge < -0.3 is 5.32 Å². The molecular formula is C14H21NOSi. The first kappa shape index (κ1) is 13.7. The van der Waals surface area contributed by atoms with Gasteiger partial charge in [0.1, 0.15) is 0 Å².